The van der Waals surface area contributed by atoms with Crippen LogP contribution in [0.5, 0.6) is 0 Å². The minimum absolute atomic E-state index is 0.149. The number of hydrogen-bond acceptors (Lipinski definition) is 5. The first-order valence-electron chi connectivity index (χ1n) is 10.2. The molecule has 1 fully saturated rings. The predicted molar refractivity (Wildman–Crippen MR) is 118 cm³/mol. The second kappa shape index (κ2) is 7.31. The van der Waals surface area contributed by atoms with Gasteiger partial charge in [0.05, 0.1) is 46.3 Å². The first-order chi connectivity index (χ1) is 15.6. The molecule has 3 aromatic heterocycles. The van der Waals surface area contributed by atoms with Crippen molar-refractivity contribution in [2.24, 2.45) is 11.3 Å². The number of anilines is 1. The van der Waals surface area contributed by atoms with E-state index in [0.717, 1.165) is 0 Å². The molecular formula is C22H19ClF2N6O2. The van der Waals surface area contributed by atoms with Crippen LogP contribution in [-0.4, -0.2) is 42.4 Å². The predicted octanol–water partition coefficient (Wildman–Crippen LogP) is 4.59. The molecule has 1 aliphatic carbocycles. The maximum Gasteiger partial charge on any atom is 0.231 e. The van der Waals surface area contributed by atoms with Crippen LogP contribution in [0.25, 0.3) is 27.8 Å². The third-order valence-corrected chi connectivity index (χ3v) is 5.95. The molecule has 0 saturated heterocycles. The summed E-state index contributed by atoms with van der Waals surface area (Å²) >= 11 is 6.42. The standard InChI is InChI=1S/C22H19ClF2N6O2/c1-22(2,3)20(32)16-18(25)17(23)15(10-5-27-30-19(10)16)12-7-31-8-13(28-14(31)6-26-12)29-21(33)9-4-11(9)24/h5-9,11H,4H2,1-3H3,(H,27,30)(H,29,33). The lowest BCUT2D eigenvalue weighted by Gasteiger charge is -2.19. The summed E-state index contributed by atoms with van der Waals surface area (Å²) in [5, 5.41) is 9.48. The van der Waals surface area contributed by atoms with Gasteiger partial charge in [-0.2, -0.15) is 5.10 Å². The SMILES string of the molecule is CC(C)(C)C(=O)c1c(F)c(Cl)c(-c2cn3cc(NC(=O)C4CC4F)nc3cn2)c2cn[nH]c12. The van der Waals surface area contributed by atoms with Gasteiger partial charge in [0.2, 0.25) is 5.91 Å². The lowest BCUT2D eigenvalue weighted by atomic mass is 9.85. The van der Waals surface area contributed by atoms with Crippen molar-refractivity contribution in [3.63, 3.8) is 0 Å². The zero-order valence-electron chi connectivity index (χ0n) is 17.9. The number of nitrogens with one attached hydrogen (secondary N) is 2. The summed E-state index contributed by atoms with van der Waals surface area (Å²) in [4.78, 5) is 33.5. The van der Waals surface area contributed by atoms with Crippen LogP contribution in [0, 0.1) is 17.2 Å². The molecular weight excluding hydrogens is 454 g/mol. The van der Waals surface area contributed by atoms with Gasteiger partial charge in [0.15, 0.2) is 23.1 Å². The normalized spacial score (nSPS) is 18.1. The van der Waals surface area contributed by atoms with E-state index in [1.165, 1.54) is 12.4 Å². The van der Waals surface area contributed by atoms with Gasteiger partial charge in [0.25, 0.3) is 0 Å². The summed E-state index contributed by atoms with van der Waals surface area (Å²) in [6.45, 7) is 5.09. The van der Waals surface area contributed by atoms with Crippen LogP contribution < -0.4 is 5.32 Å². The molecule has 1 aliphatic rings. The van der Waals surface area contributed by atoms with Crippen molar-refractivity contribution < 1.29 is 18.4 Å². The molecule has 2 N–H and O–H groups in total. The Morgan fingerprint density at radius 1 is 1.27 bits per heavy atom. The summed E-state index contributed by atoms with van der Waals surface area (Å²) in [5.41, 5.74) is 0.250. The molecule has 11 heteroatoms. The van der Waals surface area contributed by atoms with Crippen molar-refractivity contribution in [1.29, 1.82) is 0 Å². The Morgan fingerprint density at radius 2 is 2.00 bits per heavy atom. The molecule has 170 valence electrons. The van der Waals surface area contributed by atoms with Gasteiger partial charge in [0, 0.05) is 22.6 Å². The average Bonchev–Trinajstić information content (AvgIpc) is 3.11. The molecule has 5 rings (SSSR count). The topological polar surface area (TPSA) is 105 Å². The number of benzene rings is 1. The van der Waals surface area contributed by atoms with Gasteiger partial charge < -0.3 is 9.72 Å². The fraction of sp³-hybridized carbons (Fsp3) is 0.318. The Balaban J connectivity index is 1.60. The number of nitrogens with zero attached hydrogens (tertiary/aromatic N) is 4. The number of ketones is 1. The highest BCUT2D eigenvalue weighted by Gasteiger charge is 2.43. The zero-order valence-corrected chi connectivity index (χ0v) is 18.7. The first kappa shape index (κ1) is 21.4. The average molecular weight is 473 g/mol. The number of aromatic amines is 1. The number of aromatic nitrogens is 5. The van der Waals surface area contributed by atoms with Gasteiger partial charge in [-0.25, -0.2) is 13.8 Å². The van der Waals surface area contributed by atoms with E-state index in [-0.39, 0.29) is 33.9 Å². The van der Waals surface area contributed by atoms with Crippen molar-refractivity contribution in [2.75, 3.05) is 5.32 Å². The van der Waals surface area contributed by atoms with E-state index in [4.69, 9.17) is 11.6 Å². The number of hydrogen-bond donors (Lipinski definition) is 2. The van der Waals surface area contributed by atoms with Gasteiger partial charge in [0.1, 0.15) is 6.17 Å². The highest BCUT2D eigenvalue weighted by molar-refractivity contribution is 6.36. The highest BCUT2D eigenvalue weighted by Crippen LogP contribution is 2.40. The zero-order chi connectivity index (χ0) is 23.7. The number of carbonyl (C=O) groups excluding carboxylic acids is 2. The van der Waals surface area contributed by atoms with E-state index < -0.39 is 35.0 Å². The van der Waals surface area contributed by atoms with Crippen LogP contribution in [0.1, 0.15) is 37.6 Å². The molecule has 4 aromatic rings. The number of amides is 1. The fourth-order valence-electron chi connectivity index (χ4n) is 3.70. The monoisotopic (exact) mass is 472 g/mol. The highest BCUT2D eigenvalue weighted by atomic mass is 35.5. The number of Topliss-reactive ketones (excluding diaryl/α,β-unsaturated/α-hetero) is 1. The number of alkyl halides is 1. The van der Waals surface area contributed by atoms with Crippen LogP contribution in [0.2, 0.25) is 5.02 Å². The maximum absolute atomic E-state index is 15.4. The van der Waals surface area contributed by atoms with E-state index in [9.17, 15) is 14.0 Å². The number of fused-ring (bicyclic) bond motifs is 2. The van der Waals surface area contributed by atoms with Crippen LogP contribution in [-0.2, 0) is 4.79 Å². The largest absolute Gasteiger partial charge is 0.309 e. The van der Waals surface area contributed by atoms with E-state index >= 15 is 4.39 Å². The lowest BCUT2D eigenvalue weighted by molar-refractivity contribution is -0.117. The van der Waals surface area contributed by atoms with E-state index in [1.54, 1.807) is 37.6 Å². The number of imidazole rings is 1. The summed E-state index contributed by atoms with van der Waals surface area (Å²) in [7, 11) is 0. The van der Waals surface area contributed by atoms with Crippen LogP contribution in [0.4, 0.5) is 14.6 Å². The molecule has 2 unspecified atom stereocenters. The van der Waals surface area contributed by atoms with E-state index in [2.05, 4.69) is 25.5 Å². The second-order valence-corrected chi connectivity index (χ2v) is 9.51. The molecule has 1 aromatic carbocycles. The summed E-state index contributed by atoms with van der Waals surface area (Å²) in [5.74, 6) is -2.09. The first-order valence-corrected chi connectivity index (χ1v) is 10.6. The quantitative estimate of drug-likeness (QED) is 0.423. The van der Waals surface area contributed by atoms with Crippen molar-refractivity contribution in [2.45, 2.75) is 33.4 Å². The summed E-state index contributed by atoms with van der Waals surface area (Å²) in [6, 6.07) is 0. The lowest BCUT2D eigenvalue weighted by Crippen LogP contribution is -2.22. The molecule has 8 nitrogen and oxygen atoms in total. The Labute approximate surface area is 191 Å². The van der Waals surface area contributed by atoms with E-state index in [1.807, 2.05) is 0 Å². The van der Waals surface area contributed by atoms with Gasteiger partial charge in [-0.05, 0) is 6.42 Å². The minimum atomic E-state index is -1.11. The smallest absolute Gasteiger partial charge is 0.231 e. The third-order valence-electron chi connectivity index (χ3n) is 5.60. The number of H-pyrrole nitrogens is 1. The van der Waals surface area contributed by atoms with Gasteiger partial charge in [-0.15, -0.1) is 0 Å². The van der Waals surface area contributed by atoms with Gasteiger partial charge in [-0.1, -0.05) is 32.4 Å². The second-order valence-electron chi connectivity index (χ2n) is 9.13. The van der Waals surface area contributed by atoms with Crippen molar-refractivity contribution in [3.05, 3.63) is 41.2 Å². The van der Waals surface area contributed by atoms with Crippen LogP contribution in [0.3, 0.4) is 0 Å². The van der Waals surface area contributed by atoms with Gasteiger partial charge in [-0.3, -0.25) is 19.7 Å². The maximum atomic E-state index is 15.4. The molecule has 0 bridgehead atoms. The van der Waals surface area contributed by atoms with Crippen molar-refractivity contribution in [3.8, 4) is 11.3 Å². The Kier molecular flexibility index (Phi) is 4.75. The van der Waals surface area contributed by atoms with Gasteiger partial charge >= 0.3 is 0 Å². The molecule has 0 radical (unpaired) electrons. The molecule has 3 heterocycles. The summed E-state index contributed by atoms with van der Waals surface area (Å²) < 4.78 is 30.1. The van der Waals surface area contributed by atoms with Crippen molar-refractivity contribution >= 4 is 45.7 Å². The summed E-state index contributed by atoms with van der Waals surface area (Å²) in [6.07, 6.45) is 5.12. The molecule has 1 amide bonds. The fourth-order valence-corrected chi connectivity index (χ4v) is 3.99. The Morgan fingerprint density at radius 3 is 2.67 bits per heavy atom. The number of carbonyl (C=O) groups is 2. The Hall–Kier alpha value is -3.40. The molecule has 33 heavy (non-hydrogen) atoms. The Bertz CT molecular complexity index is 1450. The number of halogens is 3. The molecule has 0 spiro atoms. The molecule has 2 atom stereocenters. The molecule has 0 aliphatic heterocycles. The minimum Gasteiger partial charge on any atom is -0.309 e. The van der Waals surface area contributed by atoms with Crippen LogP contribution >= 0.6 is 11.6 Å². The number of rotatable bonds is 4. The third kappa shape index (κ3) is 3.54. The van der Waals surface area contributed by atoms with Crippen molar-refractivity contribution in [1.82, 2.24) is 24.6 Å². The van der Waals surface area contributed by atoms with Crippen LogP contribution in [0.15, 0.2) is 24.8 Å². The molecule has 1 saturated carbocycles. The van der Waals surface area contributed by atoms with E-state index in [0.29, 0.717) is 16.7 Å².